The van der Waals surface area contributed by atoms with E-state index in [0.29, 0.717) is 22.7 Å². The van der Waals surface area contributed by atoms with Crippen LogP contribution < -0.4 is 11.1 Å². The van der Waals surface area contributed by atoms with Crippen LogP contribution in [-0.2, 0) is 9.53 Å². The quantitative estimate of drug-likeness (QED) is 0.875. The largest absolute Gasteiger partial charge is 0.366 e. The van der Waals surface area contributed by atoms with Gasteiger partial charge in [0.05, 0.1) is 6.10 Å². The number of rotatable bonds is 5. The zero-order valence-electron chi connectivity index (χ0n) is 14.1. The van der Waals surface area contributed by atoms with E-state index in [1.807, 2.05) is 0 Å². The molecule has 3 N–H and O–H groups in total. The topological polar surface area (TPSA) is 81.4 Å². The smallest absolute Gasteiger partial charge is 0.253 e. The van der Waals surface area contributed by atoms with E-state index in [1.165, 1.54) is 6.42 Å². The van der Waals surface area contributed by atoms with Crippen LogP contribution in [0.2, 0.25) is 0 Å². The Bertz CT molecular complexity index is 586. The Hall–Kier alpha value is -1.88. The van der Waals surface area contributed by atoms with Gasteiger partial charge in [-0.15, -0.1) is 0 Å². The summed E-state index contributed by atoms with van der Waals surface area (Å²) >= 11 is 0. The van der Waals surface area contributed by atoms with E-state index >= 15 is 0 Å². The first-order chi connectivity index (χ1) is 10.9. The third-order valence-electron chi connectivity index (χ3n) is 4.51. The van der Waals surface area contributed by atoms with Crippen molar-refractivity contribution in [3.63, 3.8) is 0 Å². The molecule has 5 heteroatoms. The van der Waals surface area contributed by atoms with Crippen molar-refractivity contribution >= 4 is 17.5 Å². The molecule has 0 aliphatic heterocycles. The highest BCUT2D eigenvalue weighted by Gasteiger charge is 2.24. The lowest BCUT2D eigenvalue weighted by Gasteiger charge is -2.29. The number of hydrogen-bond acceptors (Lipinski definition) is 3. The second kappa shape index (κ2) is 7.59. The van der Waals surface area contributed by atoms with Gasteiger partial charge in [0.15, 0.2) is 0 Å². The molecule has 1 aromatic rings. The summed E-state index contributed by atoms with van der Waals surface area (Å²) in [5.74, 6) is -0.0504. The molecule has 1 aromatic carbocycles. The summed E-state index contributed by atoms with van der Waals surface area (Å²) in [7, 11) is 0. The van der Waals surface area contributed by atoms with Crippen LogP contribution >= 0.6 is 0 Å². The highest BCUT2D eigenvalue weighted by Crippen LogP contribution is 2.27. The standard InChI is InChI=1S/C18H26N2O3/c1-11-6-4-7-14(10-11)23-13(3)18(22)20-16-9-5-8-15(12(16)2)17(19)21/h5,8-9,11,13-14H,4,6-7,10H2,1-3H3,(H2,19,21)(H,20,22)/t11-,13+,14+/m1/s1. The van der Waals surface area contributed by atoms with Crippen LogP contribution in [0.4, 0.5) is 5.69 Å². The number of nitrogens with two attached hydrogens (primary N) is 1. The molecule has 1 fully saturated rings. The first kappa shape index (κ1) is 17.5. The minimum atomic E-state index is -0.526. The Morgan fingerprint density at radius 1 is 1.35 bits per heavy atom. The molecule has 1 saturated carbocycles. The van der Waals surface area contributed by atoms with Crippen molar-refractivity contribution in [1.82, 2.24) is 0 Å². The summed E-state index contributed by atoms with van der Waals surface area (Å²) < 4.78 is 5.91. The lowest BCUT2D eigenvalue weighted by Crippen LogP contribution is -2.34. The van der Waals surface area contributed by atoms with E-state index in [0.717, 1.165) is 19.3 Å². The van der Waals surface area contributed by atoms with Crippen LogP contribution in [0.1, 0.15) is 55.5 Å². The van der Waals surface area contributed by atoms with Crippen LogP contribution in [0.3, 0.4) is 0 Å². The predicted molar refractivity (Wildman–Crippen MR) is 90.3 cm³/mol. The number of carbonyl (C=O) groups is 2. The number of ether oxygens (including phenoxy) is 1. The summed E-state index contributed by atoms with van der Waals surface area (Å²) in [6, 6.07) is 5.11. The van der Waals surface area contributed by atoms with Gasteiger partial charge in [-0.2, -0.15) is 0 Å². The van der Waals surface area contributed by atoms with Gasteiger partial charge in [0, 0.05) is 11.3 Å². The molecular weight excluding hydrogens is 292 g/mol. The number of amides is 2. The third kappa shape index (κ3) is 4.55. The molecule has 0 bridgehead atoms. The number of benzene rings is 1. The first-order valence-electron chi connectivity index (χ1n) is 8.24. The van der Waals surface area contributed by atoms with Gasteiger partial charge >= 0.3 is 0 Å². The summed E-state index contributed by atoms with van der Waals surface area (Å²) in [5, 5.41) is 2.83. The molecule has 1 aliphatic carbocycles. The molecule has 0 spiro atoms. The van der Waals surface area contributed by atoms with Crippen LogP contribution in [0.25, 0.3) is 0 Å². The molecule has 0 heterocycles. The molecule has 0 radical (unpaired) electrons. The van der Waals surface area contributed by atoms with Crippen molar-refractivity contribution < 1.29 is 14.3 Å². The predicted octanol–water partition coefficient (Wildman–Crippen LogP) is 3.02. The van der Waals surface area contributed by atoms with Gasteiger partial charge in [-0.25, -0.2) is 0 Å². The summed E-state index contributed by atoms with van der Waals surface area (Å²) in [6.45, 7) is 5.75. The monoisotopic (exact) mass is 318 g/mol. The van der Waals surface area contributed by atoms with E-state index < -0.39 is 12.0 Å². The van der Waals surface area contributed by atoms with Gasteiger partial charge in [0.1, 0.15) is 6.10 Å². The summed E-state index contributed by atoms with van der Waals surface area (Å²) in [6.07, 6.45) is 4.03. The lowest BCUT2D eigenvalue weighted by molar-refractivity contribution is -0.131. The van der Waals surface area contributed by atoms with E-state index in [9.17, 15) is 9.59 Å². The van der Waals surface area contributed by atoms with E-state index in [1.54, 1.807) is 32.0 Å². The molecule has 0 unspecified atom stereocenters. The molecule has 23 heavy (non-hydrogen) atoms. The average Bonchev–Trinajstić information content (AvgIpc) is 2.49. The number of anilines is 1. The fourth-order valence-corrected chi connectivity index (χ4v) is 3.12. The SMILES string of the molecule is Cc1c(NC(=O)[C@H](C)O[C@H]2CCC[C@@H](C)C2)cccc1C(N)=O. The van der Waals surface area contributed by atoms with Gasteiger partial charge < -0.3 is 15.8 Å². The maximum absolute atomic E-state index is 12.3. The highest BCUT2D eigenvalue weighted by molar-refractivity contribution is 5.99. The number of primary amides is 1. The van der Waals surface area contributed by atoms with E-state index in [4.69, 9.17) is 10.5 Å². The Kier molecular flexibility index (Phi) is 5.77. The van der Waals surface area contributed by atoms with Gasteiger partial charge in [0.25, 0.3) is 5.91 Å². The third-order valence-corrected chi connectivity index (χ3v) is 4.51. The molecular formula is C18H26N2O3. The van der Waals surface area contributed by atoms with Gasteiger partial charge in [-0.1, -0.05) is 25.8 Å². The van der Waals surface area contributed by atoms with Crippen LogP contribution in [0, 0.1) is 12.8 Å². The molecule has 2 amide bonds. The fourth-order valence-electron chi connectivity index (χ4n) is 3.12. The van der Waals surface area contributed by atoms with Crippen LogP contribution in [0.15, 0.2) is 18.2 Å². The van der Waals surface area contributed by atoms with Crippen molar-refractivity contribution in [3.8, 4) is 0 Å². The molecule has 2 rings (SSSR count). The summed E-state index contributed by atoms with van der Waals surface area (Å²) in [4.78, 5) is 23.7. The second-order valence-electron chi connectivity index (χ2n) is 6.50. The van der Waals surface area contributed by atoms with Gasteiger partial charge in [0.2, 0.25) is 5.91 Å². The maximum atomic E-state index is 12.3. The summed E-state index contributed by atoms with van der Waals surface area (Å²) in [5.41, 5.74) is 7.02. The zero-order chi connectivity index (χ0) is 17.0. The Labute approximate surface area is 137 Å². The number of hydrogen-bond donors (Lipinski definition) is 2. The van der Waals surface area contributed by atoms with E-state index in [-0.39, 0.29) is 12.0 Å². The minimum Gasteiger partial charge on any atom is -0.366 e. The molecule has 126 valence electrons. The Balaban J connectivity index is 1.98. The van der Waals surface area contributed by atoms with Gasteiger partial charge in [-0.3, -0.25) is 9.59 Å². The Morgan fingerprint density at radius 3 is 2.74 bits per heavy atom. The average molecular weight is 318 g/mol. The molecule has 3 atom stereocenters. The minimum absolute atomic E-state index is 0.151. The second-order valence-corrected chi connectivity index (χ2v) is 6.50. The molecule has 0 aromatic heterocycles. The molecule has 5 nitrogen and oxygen atoms in total. The lowest BCUT2D eigenvalue weighted by atomic mass is 9.88. The molecule has 1 aliphatic rings. The van der Waals surface area contributed by atoms with Crippen LogP contribution in [-0.4, -0.2) is 24.0 Å². The number of carbonyl (C=O) groups excluding carboxylic acids is 2. The zero-order valence-corrected chi connectivity index (χ0v) is 14.1. The number of nitrogens with one attached hydrogen (secondary N) is 1. The van der Waals surface area contributed by atoms with Crippen molar-refractivity contribution in [2.75, 3.05) is 5.32 Å². The normalized spacial score (nSPS) is 22.4. The van der Waals surface area contributed by atoms with Crippen LogP contribution in [0.5, 0.6) is 0 Å². The Morgan fingerprint density at radius 2 is 2.09 bits per heavy atom. The van der Waals surface area contributed by atoms with E-state index in [2.05, 4.69) is 12.2 Å². The van der Waals surface area contributed by atoms with Gasteiger partial charge in [-0.05, 0) is 50.3 Å². The maximum Gasteiger partial charge on any atom is 0.253 e. The highest BCUT2D eigenvalue weighted by atomic mass is 16.5. The van der Waals surface area contributed by atoms with Crippen molar-refractivity contribution in [2.45, 2.75) is 58.7 Å². The first-order valence-corrected chi connectivity index (χ1v) is 8.24. The van der Waals surface area contributed by atoms with Crippen molar-refractivity contribution in [2.24, 2.45) is 11.7 Å². The van der Waals surface area contributed by atoms with Crippen molar-refractivity contribution in [1.29, 1.82) is 0 Å². The van der Waals surface area contributed by atoms with Crippen molar-refractivity contribution in [3.05, 3.63) is 29.3 Å². The fraction of sp³-hybridized carbons (Fsp3) is 0.556. The molecule has 0 saturated heterocycles.